The summed E-state index contributed by atoms with van der Waals surface area (Å²) in [5, 5.41) is 9.22. The molecule has 5 atom stereocenters. The highest BCUT2D eigenvalue weighted by Gasteiger charge is 2.58. The maximum absolute atomic E-state index is 13.9. The second-order valence-electron chi connectivity index (χ2n) is 9.88. The summed E-state index contributed by atoms with van der Waals surface area (Å²) < 4.78 is 0. The molecule has 3 aromatic rings. The van der Waals surface area contributed by atoms with Crippen molar-refractivity contribution < 1.29 is 19.5 Å². The number of aromatic amines is 1. The molecule has 2 aliphatic carbocycles. The minimum atomic E-state index is -1.04. The van der Waals surface area contributed by atoms with E-state index in [4.69, 9.17) is 0 Å². The van der Waals surface area contributed by atoms with Gasteiger partial charge >= 0.3 is 5.97 Å². The van der Waals surface area contributed by atoms with E-state index in [0.29, 0.717) is 11.6 Å². The Kier molecular flexibility index (Phi) is 4.73. The van der Waals surface area contributed by atoms with Gasteiger partial charge in [0.15, 0.2) is 0 Å². The Morgan fingerprint density at radius 2 is 1.74 bits per heavy atom. The number of aromatic nitrogens is 1. The van der Waals surface area contributed by atoms with E-state index in [2.05, 4.69) is 29.2 Å². The number of H-pyrrole nitrogens is 1. The van der Waals surface area contributed by atoms with Crippen molar-refractivity contribution >= 4 is 23.5 Å². The molecule has 1 saturated carbocycles. The van der Waals surface area contributed by atoms with Crippen LogP contribution in [-0.2, 0) is 9.59 Å². The largest absolute Gasteiger partial charge is 0.478 e. The summed E-state index contributed by atoms with van der Waals surface area (Å²) in [6.45, 7) is 2.00. The molecule has 6 nitrogen and oxygen atoms in total. The predicted octanol–water partition coefficient (Wildman–Crippen LogP) is 4.98. The molecule has 3 aliphatic rings. The second kappa shape index (κ2) is 7.69. The Labute approximate surface area is 197 Å². The zero-order valence-electron chi connectivity index (χ0n) is 18.9. The highest BCUT2D eigenvalue weighted by atomic mass is 16.4. The highest BCUT2D eigenvalue weighted by molar-refractivity contribution is 6.24. The number of anilines is 1. The maximum atomic E-state index is 13.9. The zero-order valence-corrected chi connectivity index (χ0v) is 18.9. The van der Waals surface area contributed by atoms with Crippen LogP contribution in [0, 0.1) is 18.8 Å². The van der Waals surface area contributed by atoms with E-state index >= 15 is 0 Å². The summed E-state index contributed by atoms with van der Waals surface area (Å²) in [4.78, 5) is 43.7. The first-order valence-corrected chi connectivity index (χ1v) is 11.9. The third-order valence-electron chi connectivity index (χ3n) is 8.08. The van der Waals surface area contributed by atoms with Crippen LogP contribution in [0.1, 0.15) is 69.9 Å². The lowest BCUT2D eigenvalue weighted by molar-refractivity contribution is -0.123. The average Bonchev–Trinajstić information content (AvgIpc) is 3.36. The van der Waals surface area contributed by atoms with Crippen LogP contribution in [0.5, 0.6) is 0 Å². The van der Waals surface area contributed by atoms with Gasteiger partial charge in [-0.3, -0.25) is 9.59 Å². The number of hydrogen-bond acceptors (Lipinski definition) is 3. The van der Waals surface area contributed by atoms with Crippen LogP contribution in [-0.4, -0.2) is 27.9 Å². The average molecular weight is 455 g/mol. The Hall–Kier alpha value is -3.67. The number of rotatable bonds is 3. The summed E-state index contributed by atoms with van der Waals surface area (Å²) >= 11 is 0. The molecule has 1 saturated heterocycles. The molecule has 1 aromatic heterocycles. The molecular weight excluding hydrogens is 428 g/mol. The molecule has 1 unspecified atom stereocenters. The van der Waals surface area contributed by atoms with Crippen molar-refractivity contribution in [2.45, 2.75) is 43.9 Å². The minimum absolute atomic E-state index is 0.0780. The minimum Gasteiger partial charge on any atom is -0.478 e. The zero-order chi connectivity index (χ0) is 23.6. The SMILES string of the molecule is Cc1cc2c([nH]1)[C@@H]1CCC(c3ccccc3)C[C@@H]1[C@@H]1C(=O)N(c3ccc(C(=O)O)cc3)C(=O)[C@H]21. The van der Waals surface area contributed by atoms with Crippen LogP contribution in [0.4, 0.5) is 5.69 Å². The molecule has 6 rings (SSSR count). The monoisotopic (exact) mass is 454 g/mol. The quantitative estimate of drug-likeness (QED) is 0.547. The maximum Gasteiger partial charge on any atom is 0.335 e. The topological polar surface area (TPSA) is 90.5 Å². The fraction of sp³-hybridized carbons (Fsp3) is 0.321. The molecule has 34 heavy (non-hydrogen) atoms. The molecule has 1 aliphatic heterocycles. The Bertz CT molecular complexity index is 1290. The number of aryl methyl sites for hydroxylation is 1. The van der Waals surface area contributed by atoms with E-state index < -0.39 is 17.8 Å². The first kappa shape index (κ1) is 20.9. The Morgan fingerprint density at radius 1 is 1.00 bits per heavy atom. The first-order valence-electron chi connectivity index (χ1n) is 11.9. The first-order chi connectivity index (χ1) is 16.4. The van der Waals surface area contributed by atoms with Gasteiger partial charge in [0.2, 0.25) is 11.8 Å². The molecule has 172 valence electrons. The number of carboxylic acids is 1. The van der Waals surface area contributed by atoms with E-state index in [1.807, 2.05) is 19.1 Å². The highest BCUT2D eigenvalue weighted by Crippen LogP contribution is 2.58. The summed E-state index contributed by atoms with van der Waals surface area (Å²) in [7, 11) is 0. The van der Waals surface area contributed by atoms with Gasteiger partial charge in [0.1, 0.15) is 0 Å². The Balaban J connectivity index is 1.41. The summed E-state index contributed by atoms with van der Waals surface area (Å²) in [5.74, 6) is -1.63. The lowest BCUT2D eigenvalue weighted by Crippen LogP contribution is -2.39. The van der Waals surface area contributed by atoms with Gasteiger partial charge in [-0.15, -0.1) is 0 Å². The molecule has 0 radical (unpaired) electrons. The van der Waals surface area contributed by atoms with Gasteiger partial charge in [-0.25, -0.2) is 9.69 Å². The van der Waals surface area contributed by atoms with E-state index in [-0.39, 0.29) is 29.2 Å². The van der Waals surface area contributed by atoms with Crippen molar-refractivity contribution in [1.29, 1.82) is 0 Å². The Morgan fingerprint density at radius 3 is 2.44 bits per heavy atom. The number of fused-ring (bicyclic) bond motifs is 6. The van der Waals surface area contributed by atoms with Gasteiger partial charge in [-0.1, -0.05) is 30.3 Å². The van der Waals surface area contributed by atoms with Crippen molar-refractivity contribution in [3.05, 3.63) is 88.7 Å². The molecule has 0 spiro atoms. The molecule has 2 N–H and O–H groups in total. The van der Waals surface area contributed by atoms with Crippen molar-refractivity contribution in [2.75, 3.05) is 4.90 Å². The predicted molar refractivity (Wildman–Crippen MR) is 127 cm³/mol. The fourth-order valence-electron chi connectivity index (χ4n) is 6.64. The van der Waals surface area contributed by atoms with E-state index in [9.17, 15) is 19.5 Å². The van der Waals surface area contributed by atoms with Crippen molar-refractivity contribution in [3.63, 3.8) is 0 Å². The van der Waals surface area contributed by atoms with Gasteiger partial charge in [0.25, 0.3) is 0 Å². The number of hydrogen-bond donors (Lipinski definition) is 2. The van der Waals surface area contributed by atoms with Gasteiger partial charge < -0.3 is 10.1 Å². The van der Waals surface area contributed by atoms with Gasteiger partial charge in [0.05, 0.1) is 23.1 Å². The van der Waals surface area contributed by atoms with Crippen molar-refractivity contribution in [1.82, 2.24) is 4.98 Å². The molecule has 2 fully saturated rings. The van der Waals surface area contributed by atoms with Crippen molar-refractivity contribution in [2.24, 2.45) is 11.8 Å². The third kappa shape index (κ3) is 3.05. The van der Waals surface area contributed by atoms with Gasteiger partial charge in [-0.2, -0.15) is 0 Å². The molecule has 0 bridgehead atoms. The second-order valence-corrected chi connectivity index (χ2v) is 9.88. The van der Waals surface area contributed by atoms with Crippen LogP contribution in [0.25, 0.3) is 0 Å². The van der Waals surface area contributed by atoms with E-state index in [1.165, 1.54) is 22.6 Å². The summed E-state index contributed by atoms with van der Waals surface area (Å²) in [6, 6.07) is 18.5. The van der Waals surface area contributed by atoms with Crippen LogP contribution in [0.3, 0.4) is 0 Å². The van der Waals surface area contributed by atoms with Gasteiger partial charge in [-0.05, 0) is 79.5 Å². The van der Waals surface area contributed by atoms with E-state index in [1.54, 1.807) is 12.1 Å². The number of aromatic carboxylic acids is 1. The van der Waals surface area contributed by atoms with Crippen LogP contribution in [0.2, 0.25) is 0 Å². The molecule has 2 aromatic carbocycles. The number of benzene rings is 2. The number of carbonyl (C=O) groups excluding carboxylic acids is 2. The molecular formula is C28H26N2O4. The van der Waals surface area contributed by atoms with E-state index in [0.717, 1.165) is 36.2 Å². The molecule has 2 heterocycles. The standard InChI is InChI=1S/C28H26N2O4/c1-15-13-22-24-23(26(31)30(27(24)32)19-10-7-17(8-11-19)28(33)34)21-14-18(16-5-3-2-4-6-16)9-12-20(21)25(22)29-15/h2-8,10-11,13,18,20-21,23-24,29H,9,12,14H2,1H3,(H,33,34)/t18?,20-,21+,23+,24-/m1/s1. The van der Waals surface area contributed by atoms with Gasteiger partial charge in [0, 0.05) is 17.3 Å². The number of nitrogens with zero attached hydrogens (tertiary/aromatic N) is 1. The van der Waals surface area contributed by atoms with Crippen LogP contribution in [0.15, 0.2) is 60.7 Å². The number of carbonyl (C=O) groups is 3. The third-order valence-corrected chi connectivity index (χ3v) is 8.08. The molecule has 2 amide bonds. The number of imide groups is 1. The normalized spacial score (nSPS) is 27.8. The smallest absolute Gasteiger partial charge is 0.335 e. The summed E-state index contributed by atoms with van der Waals surface area (Å²) in [5.41, 5.74) is 4.96. The molecule has 6 heteroatoms. The fourth-order valence-corrected chi connectivity index (χ4v) is 6.64. The number of nitrogens with one attached hydrogen (secondary N) is 1. The summed E-state index contributed by atoms with van der Waals surface area (Å²) in [6.07, 6.45) is 2.91. The lowest BCUT2D eigenvalue weighted by atomic mass is 9.59. The number of amides is 2. The van der Waals surface area contributed by atoms with Crippen molar-refractivity contribution in [3.8, 4) is 0 Å². The lowest BCUT2D eigenvalue weighted by Gasteiger charge is -2.43. The van der Waals surface area contributed by atoms with Crippen LogP contribution >= 0.6 is 0 Å². The van der Waals surface area contributed by atoms with Crippen LogP contribution < -0.4 is 4.90 Å². The number of carboxylic acid groups (broad SMARTS) is 1.